The van der Waals surface area contributed by atoms with Crippen LogP contribution in [-0.4, -0.2) is 35.0 Å². The number of carbonyl (C=O) groups excluding carboxylic acids is 2. The maximum Gasteiger partial charge on any atom is 0.319 e. The summed E-state index contributed by atoms with van der Waals surface area (Å²) in [6, 6.07) is 18.0. The van der Waals surface area contributed by atoms with Crippen LogP contribution in [0.15, 0.2) is 66.7 Å². The number of carbonyl (C=O) groups is 2. The van der Waals surface area contributed by atoms with Crippen molar-refractivity contribution in [1.29, 1.82) is 0 Å². The second-order valence-electron chi connectivity index (χ2n) is 7.94. The Bertz CT molecular complexity index is 1450. The molecule has 0 radical (unpaired) electrons. The van der Waals surface area contributed by atoms with Gasteiger partial charge < -0.3 is 20.1 Å². The van der Waals surface area contributed by atoms with Crippen molar-refractivity contribution in [2.45, 2.75) is 12.5 Å². The van der Waals surface area contributed by atoms with E-state index in [1.807, 2.05) is 42.5 Å². The van der Waals surface area contributed by atoms with Crippen LogP contribution < -0.4 is 25.4 Å². The summed E-state index contributed by atoms with van der Waals surface area (Å²) >= 11 is 13.2. The molecule has 0 saturated heterocycles. The zero-order chi connectivity index (χ0) is 25.8. The molecule has 37 heavy (non-hydrogen) atoms. The summed E-state index contributed by atoms with van der Waals surface area (Å²) in [6.45, 7) is 0.171. The number of hydrogen-bond donors (Lipinski definition) is 3. The molecule has 12 heteroatoms. The second-order valence-corrected chi connectivity index (χ2v) is 9.73. The fourth-order valence-corrected chi connectivity index (χ4v) is 4.61. The van der Waals surface area contributed by atoms with Gasteiger partial charge in [-0.05, 0) is 42.0 Å². The molecule has 0 fully saturated rings. The van der Waals surface area contributed by atoms with Crippen LogP contribution in [0.4, 0.5) is 15.6 Å². The highest BCUT2D eigenvalue weighted by atomic mass is 35.5. The van der Waals surface area contributed by atoms with E-state index in [1.165, 1.54) is 17.4 Å². The van der Waals surface area contributed by atoms with Gasteiger partial charge >= 0.3 is 6.03 Å². The maximum atomic E-state index is 13.2. The van der Waals surface area contributed by atoms with Gasteiger partial charge in [0.25, 0.3) is 0 Å². The van der Waals surface area contributed by atoms with E-state index in [-0.39, 0.29) is 13.2 Å². The molecule has 0 spiro atoms. The highest BCUT2D eigenvalue weighted by Crippen LogP contribution is 2.37. The standard InChI is InChI=1S/C25H19Cl2N5O4S/c26-17-8-7-16(12-18(17)27)28-24(34)29-19(10-14-4-2-1-3-5-14)22(33)30-25-32-31-23(37-25)15-6-9-20-21(11-15)36-13-35-20/h1-9,11-12,19H,10,13H2,(H2,28,29,34)(H,30,32,33)/t19-/m0/s1. The SMILES string of the molecule is O=C(Nc1ccc(Cl)c(Cl)c1)N[C@@H](Cc1ccccc1)C(=O)Nc1nnc(-c2ccc3c(c2)OCO3)s1. The zero-order valence-corrected chi connectivity index (χ0v) is 21.4. The van der Waals surface area contributed by atoms with E-state index in [4.69, 9.17) is 32.7 Å². The summed E-state index contributed by atoms with van der Waals surface area (Å²) in [5.74, 6) is 0.843. The van der Waals surface area contributed by atoms with Gasteiger partial charge in [-0.25, -0.2) is 4.79 Å². The van der Waals surface area contributed by atoms with Gasteiger partial charge in [0.2, 0.25) is 17.8 Å². The topological polar surface area (TPSA) is 114 Å². The molecular formula is C25H19Cl2N5O4S. The molecule has 1 aliphatic rings. The lowest BCUT2D eigenvalue weighted by molar-refractivity contribution is -0.117. The molecule has 0 aliphatic carbocycles. The number of amides is 3. The van der Waals surface area contributed by atoms with Crippen LogP contribution in [-0.2, 0) is 11.2 Å². The molecule has 1 atom stereocenters. The molecule has 1 aliphatic heterocycles. The summed E-state index contributed by atoms with van der Waals surface area (Å²) in [7, 11) is 0. The van der Waals surface area contributed by atoms with Gasteiger partial charge in [-0.2, -0.15) is 0 Å². The number of nitrogens with zero attached hydrogens (tertiary/aromatic N) is 2. The Balaban J connectivity index is 1.29. The molecule has 0 unspecified atom stereocenters. The van der Waals surface area contributed by atoms with Crippen molar-refractivity contribution in [2.24, 2.45) is 0 Å². The third kappa shape index (κ3) is 6.11. The van der Waals surface area contributed by atoms with Gasteiger partial charge in [0.05, 0.1) is 10.0 Å². The average molecular weight is 556 g/mol. The minimum Gasteiger partial charge on any atom is -0.454 e. The van der Waals surface area contributed by atoms with Crippen molar-refractivity contribution in [3.05, 3.63) is 82.3 Å². The number of anilines is 2. The summed E-state index contributed by atoms with van der Waals surface area (Å²) < 4.78 is 10.8. The van der Waals surface area contributed by atoms with E-state index in [2.05, 4.69) is 26.1 Å². The third-order valence-electron chi connectivity index (χ3n) is 5.36. The van der Waals surface area contributed by atoms with Crippen LogP contribution in [0.2, 0.25) is 10.0 Å². The Hall–Kier alpha value is -3.86. The Kier molecular flexibility index (Phi) is 7.40. The number of halogens is 2. The van der Waals surface area contributed by atoms with E-state index in [9.17, 15) is 9.59 Å². The lowest BCUT2D eigenvalue weighted by Crippen LogP contribution is -2.46. The summed E-state index contributed by atoms with van der Waals surface area (Å²) in [5.41, 5.74) is 2.08. The molecule has 188 valence electrons. The van der Waals surface area contributed by atoms with Crippen LogP contribution in [0.1, 0.15) is 5.56 Å². The van der Waals surface area contributed by atoms with Crippen molar-refractivity contribution in [2.75, 3.05) is 17.4 Å². The lowest BCUT2D eigenvalue weighted by Gasteiger charge is -2.18. The van der Waals surface area contributed by atoms with Gasteiger partial charge in [-0.15, -0.1) is 10.2 Å². The molecule has 5 rings (SSSR count). The maximum absolute atomic E-state index is 13.2. The first-order valence-corrected chi connectivity index (χ1v) is 12.6. The predicted molar refractivity (Wildman–Crippen MR) is 143 cm³/mol. The van der Waals surface area contributed by atoms with Crippen LogP contribution >= 0.6 is 34.5 Å². The zero-order valence-electron chi connectivity index (χ0n) is 19.0. The molecule has 2 heterocycles. The largest absolute Gasteiger partial charge is 0.454 e. The molecular weight excluding hydrogens is 537 g/mol. The van der Waals surface area contributed by atoms with Crippen LogP contribution in [0, 0.1) is 0 Å². The normalized spacial score (nSPS) is 12.6. The van der Waals surface area contributed by atoms with Gasteiger partial charge in [0.15, 0.2) is 11.5 Å². The molecule has 3 aromatic carbocycles. The molecule has 1 aromatic heterocycles. The van der Waals surface area contributed by atoms with E-state index >= 15 is 0 Å². The lowest BCUT2D eigenvalue weighted by atomic mass is 10.1. The highest BCUT2D eigenvalue weighted by molar-refractivity contribution is 7.18. The van der Waals surface area contributed by atoms with Crippen molar-refractivity contribution in [3.8, 4) is 22.1 Å². The van der Waals surface area contributed by atoms with E-state index in [0.29, 0.717) is 37.4 Å². The number of nitrogens with one attached hydrogen (secondary N) is 3. The molecule has 3 amide bonds. The predicted octanol–water partition coefficient (Wildman–Crippen LogP) is 5.61. The first-order chi connectivity index (χ1) is 17.9. The van der Waals surface area contributed by atoms with Crippen molar-refractivity contribution in [3.63, 3.8) is 0 Å². The Morgan fingerprint density at radius 3 is 2.54 bits per heavy atom. The van der Waals surface area contributed by atoms with E-state index in [1.54, 1.807) is 18.2 Å². The monoisotopic (exact) mass is 555 g/mol. The Morgan fingerprint density at radius 1 is 0.919 bits per heavy atom. The number of fused-ring (bicyclic) bond motifs is 1. The molecule has 9 nitrogen and oxygen atoms in total. The van der Waals surface area contributed by atoms with E-state index in [0.717, 1.165) is 11.1 Å². The van der Waals surface area contributed by atoms with Gasteiger partial charge in [-0.1, -0.05) is 64.9 Å². The molecule has 0 bridgehead atoms. The number of aromatic nitrogens is 2. The summed E-state index contributed by atoms with van der Waals surface area (Å²) in [6.07, 6.45) is 0.259. The fraction of sp³-hybridized carbons (Fsp3) is 0.120. The average Bonchev–Trinajstić information content (AvgIpc) is 3.55. The van der Waals surface area contributed by atoms with Crippen LogP contribution in [0.25, 0.3) is 10.6 Å². The van der Waals surface area contributed by atoms with Crippen LogP contribution in [0.3, 0.4) is 0 Å². The van der Waals surface area contributed by atoms with Gasteiger partial charge in [0, 0.05) is 17.7 Å². The Morgan fingerprint density at radius 2 is 1.73 bits per heavy atom. The molecule has 4 aromatic rings. The van der Waals surface area contributed by atoms with Crippen LogP contribution in [0.5, 0.6) is 11.5 Å². The summed E-state index contributed by atoms with van der Waals surface area (Å²) in [4.78, 5) is 25.9. The van der Waals surface area contributed by atoms with Crippen molar-refractivity contribution < 1.29 is 19.1 Å². The number of ether oxygens (including phenoxy) is 2. The van der Waals surface area contributed by atoms with E-state index < -0.39 is 18.0 Å². The number of urea groups is 1. The number of benzene rings is 3. The van der Waals surface area contributed by atoms with Crippen molar-refractivity contribution in [1.82, 2.24) is 15.5 Å². The fourth-order valence-electron chi connectivity index (χ4n) is 3.57. The first kappa shape index (κ1) is 24.8. The molecule has 3 N–H and O–H groups in total. The van der Waals surface area contributed by atoms with Gasteiger partial charge in [0.1, 0.15) is 11.0 Å². The minimum absolute atomic E-state index is 0.171. The van der Waals surface area contributed by atoms with Crippen molar-refractivity contribution >= 4 is 57.3 Å². The number of rotatable bonds is 7. The highest BCUT2D eigenvalue weighted by Gasteiger charge is 2.23. The third-order valence-corrected chi connectivity index (χ3v) is 6.98. The van der Waals surface area contributed by atoms with Gasteiger partial charge in [-0.3, -0.25) is 10.1 Å². The molecule has 0 saturated carbocycles. The number of hydrogen-bond acceptors (Lipinski definition) is 7. The quantitative estimate of drug-likeness (QED) is 0.273. The second kappa shape index (κ2) is 11.0. The first-order valence-electron chi connectivity index (χ1n) is 11.1. The minimum atomic E-state index is -0.900. The smallest absolute Gasteiger partial charge is 0.319 e. The summed E-state index contributed by atoms with van der Waals surface area (Å²) in [5, 5.41) is 18.0. The Labute approximate surface area is 225 Å².